The first-order valence-corrected chi connectivity index (χ1v) is 10.0. The number of benzene rings is 2. The number of ether oxygens (including phenoxy) is 2. The Morgan fingerprint density at radius 1 is 1.21 bits per heavy atom. The minimum atomic E-state index is -0.991. The molecule has 1 heterocycles. The highest BCUT2D eigenvalue weighted by molar-refractivity contribution is 7.99. The van der Waals surface area contributed by atoms with Crippen molar-refractivity contribution < 1.29 is 19.1 Å². The van der Waals surface area contributed by atoms with Gasteiger partial charge in [0.1, 0.15) is 10.8 Å². The van der Waals surface area contributed by atoms with Crippen LogP contribution in [0.1, 0.15) is 6.92 Å². The van der Waals surface area contributed by atoms with Gasteiger partial charge in [-0.05, 0) is 37.3 Å². The lowest BCUT2D eigenvalue weighted by Gasteiger charge is -2.15. The molecule has 0 saturated carbocycles. The predicted molar refractivity (Wildman–Crippen MR) is 112 cm³/mol. The highest BCUT2D eigenvalue weighted by atomic mass is 35.5. The quantitative estimate of drug-likeness (QED) is 0.447. The van der Waals surface area contributed by atoms with Crippen LogP contribution in [0, 0.1) is 0 Å². The second kappa shape index (κ2) is 9.58. The van der Waals surface area contributed by atoms with Crippen molar-refractivity contribution in [2.45, 2.75) is 18.1 Å². The molecule has 2 aromatic carbocycles. The fourth-order valence-electron chi connectivity index (χ4n) is 2.44. The summed E-state index contributed by atoms with van der Waals surface area (Å²) in [7, 11) is 1.48. The fraction of sp³-hybridized carbons (Fsp3) is 0.200. The first-order chi connectivity index (χ1) is 14.0. The maximum Gasteiger partial charge on any atom is 0.317 e. The topological polar surface area (TPSA) is 90.4 Å². The van der Waals surface area contributed by atoms with Crippen LogP contribution in [-0.2, 0) is 14.3 Å². The van der Waals surface area contributed by atoms with Crippen LogP contribution in [0.5, 0.6) is 5.75 Å². The van der Waals surface area contributed by atoms with E-state index in [9.17, 15) is 9.59 Å². The summed E-state index contributed by atoms with van der Waals surface area (Å²) >= 11 is 7.14. The van der Waals surface area contributed by atoms with Crippen LogP contribution in [0.2, 0.25) is 5.02 Å². The van der Waals surface area contributed by atoms with Crippen LogP contribution in [0.15, 0.2) is 53.7 Å². The zero-order valence-corrected chi connectivity index (χ0v) is 17.3. The number of amides is 1. The van der Waals surface area contributed by atoms with Gasteiger partial charge in [-0.25, -0.2) is 4.98 Å². The van der Waals surface area contributed by atoms with Gasteiger partial charge in [0.25, 0.3) is 5.91 Å². The van der Waals surface area contributed by atoms with Crippen LogP contribution in [0.3, 0.4) is 0 Å². The van der Waals surface area contributed by atoms with Crippen molar-refractivity contribution in [2.24, 2.45) is 0 Å². The number of fused-ring (bicyclic) bond motifs is 1. The van der Waals surface area contributed by atoms with Crippen molar-refractivity contribution in [2.75, 3.05) is 18.2 Å². The van der Waals surface area contributed by atoms with Crippen molar-refractivity contribution in [3.8, 4) is 5.75 Å². The van der Waals surface area contributed by atoms with E-state index in [4.69, 9.17) is 21.1 Å². The van der Waals surface area contributed by atoms with Crippen molar-refractivity contribution in [3.63, 3.8) is 0 Å². The summed E-state index contributed by atoms with van der Waals surface area (Å²) in [4.78, 5) is 33.2. The Morgan fingerprint density at radius 2 is 1.97 bits per heavy atom. The van der Waals surface area contributed by atoms with E-state index in [0.29, 0.717) is 21.5 Å². The van der Waals surface area contributed by atoms with Crippen LogP contribution < -0.4 is 10.1 Å². The van der Waals surface area contributed by atoms with Crippen LogP contribution in [-0.4, -0.2) is 40.8 Å². The molecule has 0 spiro atoms. The third kappa shape index (κ3) is 5.58. The van der Waals surface area contributed by atoms with Gasteiger partial charge in [0.2, 0.25) is 0 Å². The van der Waals surface area contributed by atoms with Gasteiger partial charge in [-0.1, -0.05) is 35.5 Å². The summed E-state index contributed by atoms with van der Waals surface area (Å²) < 4.78 is 10.4. The number of thioether (sulfide) groups is 1. The number of hydrogen-bond acceptors (Lipinski definition) is 7. The first kappa shape index (κ1) is 20.9. The maximum absolute atomic E-state index is 12.3. The monoisotopic (exact) mass is 431 g/mol. The summed E-state index contributed by atoms with van der Waals surface area (Å²) in [5, 5.41) is 3.69. The van der Waals surface area contributed by atoms with E-state index >= 15 is 0 Å². The third-order valence-corrected chi connectivity index (χ3v) is 4.97. The molecule has 0 saturated heterocycles. The van der Waals surface area contributed by atoms with Gasteiger partial charge in [-0.3, -0.25) is 14.6 Å². The van der Waals surface area contributed by atoms with E-state index in [0.717, 1.165) is 11.0 Å². The molecular formula is C20H18ClN3O4S. The van der Waals surface area contributed by atoms with Gasteiger partial charge in [0.15, 0.2) is 6.10 Å². The number of halogens is 1. The second-order valence-corrected chi connectivity index (χ2v) is 7.38. The van der Waals surface area contributed by atoms with Gasteiger partial charge < -0.3 is 14.8 Å². The molecular weight excluding hydrogens is 414 g/mol. The molecule has 0 radical (unpaired) electrons. The zero-order valence-electron chi connectivity index (χ0n) is 15.7. The first-order valence-electron chi connectivity index (χ1n) is 8.64. The molecule has 3 rings (SSSR count). The molecule has 1 unspecified atom stereocenters. The van der Waals surface area contributed by atoms with Crippen LogP contribution in [0.25, 0.3) is 11.0 Å². The highest BCUT2D eigenvalue weighted by Crippen LogP contribution is 2.28. The number of aromatic nitrogens is 2. The molecule has 1 N–H and O–H groups in total. The molecule has 150 valence electrons. The Balaban J connectivity index is 1.54. The molecule has 0 bridgehead atoms. The van der Waals surface area contributed by atoms with Gasteiger partial charge >= 0.3 is 5.97 Å². The summed E-state index contributed by atoms with van der Waals surface area (Å²) in [6.45, 7) is 1.49. The Bertz CT molecular complexity index is 1050. The third-order valence-electron chi connectivity index (χ3n) is 3.86. The number of para-hydroxylation sites is 2. The van der Waals surface area contributed by atoms with Crippen LogP contribution in [0.4, 0.5) is 5.69 Å². The lowest BCUT2D eigenvalue weighted by Crippen LogP contribution is -2.30. The van der Waals surface area contributed by atoms with Gasteiger partial charge in [-0.2, -0.15) is 0 Å². The van der Waals surface area contributed by atoms with E-state index in [1.807, 2.05) is 24.3 Å². The Hall–Kier alpha value is -2.84. The summed E-state index contributed by atoms with van der Waals surface area (Å²) in [5.41, 5.74) is 1.92. The Morgan fingerprint density at radius 3 is 2.72 bits per heavy atom. The molecule has 1 aromatic heterocycles. The minimum Gasteiger partial charge on any atom is -0.495 e. The lowest BCUT2D eigenvalue weighted by atomic mass is 10.2. The minimum absolute atomic E-state index is 0.00509. The average molecular weight is 432 g/mol. The normalized spacial score (nSPS) is 11.7. The number of anilines is 1. The number of rotatable bonds is 7. The van der Waals surface area contributed by atoms with Crippen molar-refractivity contribution in [1.29, 1.82) is 0 Å². The number of nitrogens with zero attached hydrogens (tertiary/aromatic N) is 2. The molecule has 0 aliphatic carbocycles. The zero-order chi connectivity index (χ0) is 20.8. The summed E-state index contributed by atoms with van der Waals surface area (Å²) in [5.74, 6) is -0.572. The largest absolute Gasteiger partial charge is 0.495 e. The molecule has 7 nitrogen and oxygen atoms in total. The number of methoxy groups -OCH3 is 1. The molecule has 1 amide bonds. The van der Waals surface area contributed by atoms with Crippen molar-refractivity contribution in [1.82, 2.24) is 9.97 Å². The molecule has 1 atom stereocenters. The molecule has 9 heteroatoms. The maximum atomic E-state index is 12.3. The standard InChI is InChI=1S/C20H18ClN3O4S/c1-12(20(26)24-16-9-13(21)7-8-17(16)27-2)28-19(25)11-29-18-10-22-14-5-3-4-6-15(14)23-18/h3-10,12H,11H2,1-2H3,(H,24,26). The van der Waals surface area contributed by atoms with E-state index in [-0.39, 0.29) is 5.75 Å². The van der Waals surface area contributed by atoms with Crippen LogP contribution >= 0.6 is 23.4 Å². The van der Waals surface area contributed by atoms with E-state index in [1.54, 1.807) is 24.4 Å². The van der Waals surface area contributed by atoms with Gasteiger partial charge in [0.05, 0.1) is 35.8 Å². The van der Waals surface area contributed by atoms with Gasteiger partial charge in [-0.15, -0.1) is 0 Å². The Kier molecular flexibility index (Phi) is 6.90. The second-order valence-electron chi connectivity index (χ2n) is 5.95. The molecule has 0 aliphatic rings. The highest BCUT2D eigenvalue weighted by Gasteiger charge is 2.19. The lowest BCUT2D eigenvalue weighted by molar-refractivity contribution is -0.150. The van der Waals surface area contributed by atoms with Gasteiger partial charge in [0, 0.05) is 5.02 Å². The van der Waals surface area contributed by atoms with E-state index in [2.05, 4.69) is 15.3 Å². The predicted octanol–water partition coefficient (Wildman–Crippen LogP) is 3.95. The van der Waals surface area contributed by atoms with Crippen molar-refractivity contribution >= 4 is 52.0 Å². The Labute approximate surface area is 176 Å². The number of esters is 1. The fourth-order valence-corrected chi connectivity index (χ4v) is 3.24. The SMILES string of the molecule is COc1ccc(Cl)cc1NC(=O)C(C)OC(=O)CSc1cnc2ccccc2n1. The summed E-state index contributed by atoms with van der Waals surface area (Å²) in [6, 6.07) is 12.3. The smallest absolute Gasteiger partial charge is 0.317 e. The molecule has 0 aliphatic heterocycles. The molecule has 0 fully saturated rings. The van der Waals surface area contributed by atoms with E-state index in [1.165, 1.54) is 25.8 Å². The number of nitrogens with one attached hydrogen (secondary N) is 1. The number of hydrogen-bond donors (Lipinski definition) is 1. The van der Waals surface area contributed by atoms with Crippen molar-refractivity contribution in [3.05, 3.63) is 53.7 Å². The number of carbonyl (C=O) groups excluding carboxylic acids is 2. The number of carbonyl (C=O) groups is 2. The van der Waals surface area contributed by atoms with E-state index < -0.39 is 18.0 Å². The molecule has 3 aromatic rings. The summed E-state index contributed by atoms with van der Waals surface area (Å²) in [6.07, 6.45) is 0.608. The molecule has 29 heavy (non-hydrogen) atoms. The average Bonchev–Trinajstić information content (AvgIpc) is 2.72.